The maximum atomic E-state index is 5.43. The Balaban J connectivity index is 1.11. The number of hydrogen-bond acceptors (Lipinski definition) is 4. The SMILES string of the molecule is c1ccc(-c2ccc(-c3nc(-c4ccccc4)nc(-c4ccc(-c5cccc6c5sc5ccccc56)c5ccccc45)n3)c(-n3c4ccccc4c4ccccc43)c2)cc1. The first-order chi connectivity index (χ1) is 29.8. The summed E-state index contributed by atoms with van der Waals surface area (Å²) in [5.41, 5.74) is 10.7. The van der Waals surface area contributed by atoms with Crippen molar-refractivity contribution in [1.29, 1.82) is 0 Å². The molecule has 0 aliphatic carbocycles. The van der Waals surface area contributed by atoms with Crippen LogP contribution >= 0.6 is 11.3 Å². The van der Waals surface area contributed by atoms with Gasteiger partial charge in [0.05, 0.1) is 16.7 Å². The van der Waals surface area contributed by atoms with Crippen molar-refractivity contribution < 1.29 is 0 Å². The number of nitrogens with zero attached hydrogens (tertiary/aromatic N) is 4. The molecule has 0 unspecified atom stereocenters. The molecule has 60 heavy (non-hydrogen) atoms. The van der Waals surface area contributed by atoms with E-state index in [2.05, 4.69) is 193 Å². The second-order valence-corrected chi connectivity index (χ2v) is 16.2. The van der Waals surface area contributed by atoms with E-state index in [1.165, 1.54) is 42.1 Å². The van der Waals surface area contributed by atoms with Crippen LogP contribution in [0, 0.1) is 0 Å². The minimum absolute atomic E-state index is 0.610. The van der Waals surface area contributed by atoms with E-state index in [4.69, 9.17) is 15.0 Å². The summed E-state index contributed by atoms with van der Waals surface area (Å²) in [7, 11) is 0. The Hall–Kier alpha value is -7.73. The molecular weight excluding hydrogens is 749 g/mol. The minimum atomic E-state index is 0.610. The molecule has 280 valence electrons. The summed E-state index contributed by atoms with van der Waals surface area (Å²) in [5.74, 6) is 1.86. The van der Waals surface area contributed by atoms with Crippen LogP contribution < -0.4 is 0 Å². The lowest BCUT2D eigenvalue weighted by atomic mass is 9.94. The largest absolute Gasteiger partial charge is 0.308 e. The fourth-order valence-electron chi connectivity index (χ4n) is 8.92. The van der Waals surface area contributed by atoms with Crippen molar-refractivity contribution in [1.82, 2.24) is 19.5 Å². The van der Waals surface area contributed by atoms with Crippen molar-refractivity contribution >= 4 is 64.1 Å². The third-order valence-corrected chi connectivity index (χ3v) is 12.9. The van der Waals surface area contributed by atoms with E-state index in [-0.39, 0.29) is 0 Å². The van der Waals surface area contributed by atoms with Gasteiger partial charge < -0.3 is 4.57 Å². The molecule has 0 amide bonds. The van der Waals surface area contributed by atoms with Gasteiger partial charge in [0.2, 0.25) is 0 Å². The van der Waals surface area contributed by atoms with Crippen LogP contribution in [0.1, 0.15) is 0 Å². The molecule has 0 atom stereocenters. The molecule has 3 heterocycles. The molecule has 0 saturated carbocycles. The number of para-hydroxylation sites is 2. The second kappa shape index (κ2) is 14.0. The third-order valence-electron chi connectivity index (χ3n) is 11.7. The van der Waals surface area contributed by atoms with E-state index in [9.17, 15) is 0 Å². The molecule has 0 aliphatic heterocycles. The lowest BCUT2D eigenvalue weighted by Gasteiger charge is -2.17. The molecule has 4 nitrogen and oxygen atoms in total. The number of aromatic nitrogens is 4. The van der Waals surface area contributed by atoms with Gasteiger partial charge in [0.25, 0.3) is 0 Å². The Morgan fingerprint density at radius 3 is 1.55 bits per heavy atom. The number of thiophene rings is 1. The molecule has 0 spiro atoms. The highest BCUT2D eigenvalue weighted by Gasteiger charge is 2.22. The van der Waals surface area contributed by atoms with Gasteiger partial charge in [-0.3, -0.25) is 0 Å². The van der Waals surface area contributed by atoms with E-state index in [1.54, 1.807) is 0 Å². The Bertz CT molecular complexity index is 3550. The minimum Gasteiger partial charge on any atom is -0.308 e. The third kappa shape index (κ3) is 5.55. The molecule has 0 fully saturated rings. The van der Waals surface area contributed by atoms with Crippen molar-refractivity contribution in [2.75, 3.05) is 0 Å². The Labute approximate surface area is 350 Å². The quantitative estimate of drug-likeness (QED) is 0.169. The summed E-state index contributed by atoms with van der Waals surface area (Å²) in [5, 5.41) is 7.22. The van der Waals surface area contributed by atoms with Crippen LogP contribution in [0.15, 0.2) is 206 Å². The summed E-state index contributed by atoms with van der Waals surface area (Å²) >= 11 is 1.86. The normalized spacial score (nSPS) is 11.7. The van der Waals surface area contributed by atoms with Gasteiger partial charge in [-0.2, -0.15) is 0 Å². The maximum absolute atomic E-state index is 5.43. The van der Waals surface area contributed by atoms with Crippen LogP contribution in [-0.2, 0) is 0 Å². The van der Waals surface area contributed by atoms with E-state index < -0.39 is 0 Å². The Morgan fingerprint density at radius 1 is 0.317 bits per heavy atom. The number of fused-ring (bicyclic) bond motifs is 7. The molecule has 12 rings (SSSR count). The van der Waals surface area contributed by atoms with Gasteiger partial charge in [0.1, 0.15) is 0 Å². The molecule has 0 radical (unpaired) electrons. The zero-order chi connectivity index (χ0) is 39.6. The van der Waals surface area contributed by atoms with Crippen molar-refractivity contribution in [3.05, 3.63) is 206 Å². The highest BCUT2D eigenvalue weighted by atomic mass is 32.1. The summed E-state index contributed by atoms with van der Waals surface area (Å²) < 4.78 is 4.96. The van der Waals surface area contributed by atoms with Gasteiger partial charge in [-0.15, -0.1) is 11.3 Å². The van der Waals surface area contributed by atoms with Crippen LogP contribution in [0.5, 0.6) is 0 Å². The number of hydrogen-bond donors (Lipinski definition) is 0. The van der Waals surface area contributed by atoms with E-state index >= 15 is 0 Å². The van der Waals surface area contributed by atoms with Crippen LogP contribution in [0.4, 0.5) is 0 Å². The highest BCUT2D eigenvalue weighted by molar-refractivity contribution is 7.26. The summed E-state index contributed by atoms with van der Waals surface area (Å²) in [4.78, 5) is 16.0. The molecule has 3 aromatic heterocycles. The molecule has 0 aliphatic rings. The summed E-state index contributed by atoms with van der Waals surface area (Å²) in [6.07, 6.45) is 0. The van der Waals surface area contributed by atoms with Crippen LogP contribution in [0.3, 0.4) is 0 Å². The second-order valence-electron chi connectivity index (χ2n) is 15.1. The van der Waals surface area contributed by atoms with Gasteiger partial charge >= 0.3 is 0 Å². The molecular formula is C55H34N4S. The molecule has 0 N–H and O–H groups in total. The standard InChI is InChI=1S/C55H34N4S/c1-3-16-35(17-4-1)37-30-31-47(50(34-37)59-48-27-12-9-22-41(48)42-23-10-13-28-49(42)59)55-57-53(36-18-5-2-6-19-36)56-54(58-55)46-33-32-40(38-20-7-8-21-39(38)46)44-25-15-26-45-43-24-11-14-29-51(43)60-52(44)45/h1-34H. The molecule has 0 saturated heterocycles. The van der Waals surface area contributed by atoms with Gasteiger partial charge in [-0.1, -0.05) is 170 Å². The van der Waals surface area contributed by atoms with Gasteiger partial charge in [-0.25, -0.2) is 15.0 Å². The number of rotatable bonds is 6. The molecule has 5 heteroatoms. The molecule has 12 aromatic rings. The average molecular weight is 783 g/mol. The van der Waals surface area contributed by atoms with Gasteiger partial charge in [0.15, 0.2) is 17.5 Å². The van der Waals surface area contributed by atoms with Crippen LogP contribution in [-0.4, -0.2) is 19.5 Å². The fraction of sp³-hybridized carbons (Fsp3) is 0. The van der Waals surface area contributed by atoms with E-state index in [1.807, 2.05) is 29.5 Å². The maximum Gasteiger partial charge on any atom is 0.166 e. The summed E-state index contributed by atoms with van der Waals surface area (Å²) in [6.45, 7) is 0. The van der Waals surface area contributed by atoms with Crippen LogP contribution in [0.25, 0.3) is 115 Å². The first kappa shape index (κ1) is 34.3. The van der Waals surface area contributed by atoms with Crippen LogP contribution in [0.2, 0.25) is 0 Å². The number of benzene rings is 9. The zero-order valence-electron chi connectivity index (χ0n) is 32.3. The van der Waals surface area contributed by atoms with Crippen molar-refractivity contribution in [2.45, 2.75) is 0 Å². The fourth-order valence-corrected chi connectivity index (χ4v) is 10.1. The smallest absolute Gasteiger partial charge is 0.166 e. The van der Waals surface area contributed by atoms with Gasteiger partial charge in [0, 0.05) is 53.2 Å². The zero-order valence-corrected chi connectivity index (χ0v) is 33.1. The predicted octanol–water partition coefficient (Wildman–Crippen LogP) is 14.8. The molecule has 9 aromatic carbocycles. The Morgan fingerprint density at radius 2 is 0.833 bits per heavy atom. The van der Waals surface area contributed by atoms with Crippen molar-refractivity contribution in [2.24, 2.45) is 0 Å². The average Bonchev–Trinajstić information content (AvgIpc) is 3.88. The monoisotopic (exact) mass is 782 g/mol. The van der Waals surface area contributed by atoms with E-state index in [0.29, 0.717) is 17.5 Å². The summed E-state index contributed by atoms with van der Waals surface area (Å²) in [6, 6.07) is 73.2. The first-order valence-corrected chi connectivity index (χ1v) is 21.0. The Kier molecular flexibility index (Phi) is 8.00. The highest BCUT2D eigenvalue weighted by Crippen LogP contribution is 2.44. The molecule has 0 bridgehead atoms. The lowest BCUT2D eigenvalue weighted by molar-refractivity contribution is 1.07. The first-order valence-electron chi connectivity index (χ1n) is 20.2. The predicted molar refractivity (Wildman–Crippen MR) is 252 cm³/mol. The van der Waals surface area contributed by atoms with Crippen molar-refractivity contribution in [3.63, 3.8) is 0 Å². The topological polar surface area (TPSA) is 43.6 Å². The van der Waals surface area contributed by atoms with Gasteiger partial charge in [-0.05, 0) is 63.9 Å². The lowest BCUT2D eigenvalue weighted by Crippen LogP contribution is -2.04. The van der Waals surface area contributed by atoms with Crippen molar-refractivity contribution in [3.8, 4) is 62.1 Å². The van der Waals surface area contributed by atoms with E-state index in [0.717, 1.165) is 55.3 Å².